The molecule has 1 amide bonds. The molecule has 0 radical (unpaired) electrons. The van der Waals surface area contributed by atoms with E-state index in [0.29, 0.717) is 5.75 Å². The molecular formula is C22H23N3O4S. The maximum absolute atomic E-state index is 13.5. The standard InChI is InChI=1S/C22H23N3O4S/c1-28-24-12-22(13-25-19(26)17(23)20(25)30-14-22)21(27)29-18(15-8-4-2-5-9-15)16-10-6-3-7-11-16/h2-12,17-18,20H,13-14,23H2,1H3/t17?,20-,22?/m1/s1. The third-order valence-electron chi connectivity index (χ3n) is 5.39. The molecule has 156 valence electrons. The van der Waals surface area contributed by atoms with E-state index in [1.165, 1.54) is 25.1 Å². The summed E-state index contributed by atoms with van der Waals surface area (Å²) in [5.74, 6) is -0.227. The van der Waals surface area contributed by atoms with Crippen molar-refractivity contribution < 1.29 is 19.2 Å². The number of rotatable bonds is 6. The molecule has 2 aromatic carbocycles. The number of ether oxygens (including phenoxy) is 1. The maximum Gasteiger partial charge on any atom is 0.321 e. The number of oxime groups is 1. The van der Waals surface area contributed by atoms with Crippen molar-refractivity contribution in [3.05, 3.63) is 71.8 Å². The lowest BCUT2D eigenvalue weighted by Crippen LogP contribution is -2.72. The fourth-order valence-corrected chi connectivity index (χ4v) is 5.15. The summed E-state index contributed by atoms with van der Waals surface area (Å²) in [5, 5.41) is 3.74. The molecular weight excluding hydrogens is 402 g/mol. The second-order valence-electron chi connectivity index (χ2n) is 7.37. The summed E-state index contributed by atoms with van der Waals surface area (Å²) in [4.78, 5) is 32.2. The van der Waals surface area contributed by atoms with Gasteiger partial charge in [0, 0.05) is 12.3 Å². The van der Waals surface area contributed by atoms with Crippen LogP contribution in [-0.4, -0.2) is 53.8 Å². The molecule has 2 heterocycles. The number of carbonyl (C=O) groups excluding carboxylic acids is 2. The normalized spacial score (nSPS) is 25.7. The number of amides is 1. The monoisotopic (exact) mass is 425 g/mol. The molecule has 0 aliphatic carbocycles. The van der Waals surface area contributed by atoms with E-state index >= 15 is 0 Å². The summed E-state index contributed by atoms with van der Waals surface area (Å²) >= 11 is 1.46. The number of thioether (sulfide) groups is 1. The molecule has 2 aliphatic rings. The van der Waals surface area contributed by atoms with Crippen LogP contribution in [0.15, 0.2) is 65.8 Å². The van der Waals surface area contributed by atoms with Gasteiger partial charge in [-0.05, 0) is 11.1 Å². The molecule has 30 heavy (non-hydrogen) atoms. The van der Waals surface area contributed by atoms with Crippen LogP contribution < -0.4 is 5.73 Å². The number of esters is 1. The molecule has 0 bridgehead atoms. The van der Waals surface area contributed by atoms with Gasteiger partial charge in [-0.15, -0.1) is 11.8 Å². The van der Waals surface area contributed by atoms with Crippen molar-refractivity contribution in [2.75, 3.05) is 19.4 Å². The molecule has 0 spiro atoms. The summed E-state index contributed by atoms with van der Waals surface area (Å²) in [6.45, 7) is 0.166. The molecule has 2 unspecified atom stereocenters. The Morgan fingerprint density at radius 2 is 1.80 bits per heavy atom. The average Bonchev–Trinajstić information content (AvgIpc) is 2.81. The van der Waals surface area contributed by atoms with E-state index in [2.05, 4.69) is 5.16 Å². The first kappa shape index (κ1) is 20.4. The third-order valence-corrected chi connectivity index (χ3v) is 6.96. The summed E-state index contributed by atoms with van der Waals surface area (Å²) in [5.41, 5.74) is 6.49. The van der Waals surface area contributed by atoms with Crippen molar-refractivity contribution in [3.63, 3.8) is 0 Å². The van der Waals surface area contributed by atoms with E-state index in [9.17, 15) is 9.59 Å². The number of fused-ring (bicyclic) bond motifs is 1. The van der Waals surface area contributed by atoms with Crippen LogP contribution in [0.1, 0.15) is 17.2 Å². The van der Waals surface area contributed by atoms with Crippen molar-refractivity contribution in [1.29, 1.82) is 0 Å². The molecule has 8 heteroatoms. The van der Waals surface area contributed by atoms with Crippen molar-refractivity contribution in [2.45, 2.75) is 17.5 Å². The molecule has 2 N–H and O–H groups in total. The van der Waals surface area contributed by atoms with Gasteiger partial charge >= 0.3 is 5.97 Å². The molecule has 4 rings (SSSR count). The number of hydrogen-bond acceptors (Lipinski definition) is 7. The van der Waals surface area contributed by atoms with Crippen LogP contribution in [0.25, 0.3) is 0 Å². The Balaban J connectivity index is 1.64. The second-order valence-corrected chi connectivity index (χ2v) is 8.48. The number of nitrogens with zero attached hydrogens (tertiary/aromatic N) is 2. The van der Waals surface area contributed by atoms with Crippen LogP contribution in [0.2, 0.25) is 0 Å². The summed E-state index contributed by atoms with van der Waals surface area (Å²) in [6, 6.07) is 18.6. The highest BCUT2D eigenvalue weighted by atomic mass is 32.2. The number of carbonyl (C=O) groups is 2. The molecule has 7 nitrogen and oxygen atoms in total. The Hall–Kier alpha value is -2.84. The summed E-state index contributed by atoms with van der Waals surface area (Å²) in [7, 11) is 1.41. The zero-order valence-corrected chi connectivity index (χ0v) is 17.3. The van der Waals surface area contributed by atoms with Gasteiger partial charge in [-0.25, -0.2) is 0 Å². The third kappa shape index (κ3) is 3.68. The van der Waals surface area contributed by atoms with Crippen molar-refractivity contribution in [1.82, 2.24) is 4.90 Å². The number of hydrogen-bond donors (Lipinski definition) is 1. The first-order valence-electron chi connectivity index (χ1n) is 9.62. The van der Waals surface area contributed by atoms with Gasteiger partial charge in [0.25, 0.3) is 0 Å². The van der Waals surface area contributed by atoms with Crippen LogP contribution >= 0.6 is 11.8 Å². The molecule has 2 aliphatic heterocycles. The number of benzene rings is 2. The van der Waals surface area contributed by atoms with Gasteiger partial charge in [0.15, 0.2) is 6.10 Å². The lowest BCUT2D eigenvalue weighted by Gasteiger charge is -2.52. The fourth-order valence-electron chi connectivity index (χ4n) is 3.71. The van der Waals surface area contributed by atoms with Gasteiger partial charge in [-0.2, -0.15) is 0 Å². The Morgan fingerprint density at radius 3 is 2.37 bits per heavy atom. The van der Waals surface area contributed by atoms with Crippen molar-refractivity contribution >= 4 is 29.9 Å². The minimum atomic E-state index is -1.12. The first-order chi connectivity index (χ1) is 14.6. The number of nitrogens with two attached hydrogens (primary N) is 1. The largest absolute Gasteiger partial charge is 0.452 e. The van der Waals surface area contributed by atoms with Crippen LogP contribution in [0.5, 0.6) is 0 Å². The molecule has 0 aromatic heterocycles. The average molecular weight is 426 g/mol. The smallest absolute Gasteiger partial charge is 0.321 e. The maximum atomic E-state index is 13.5. The lowest BCUT2D eigenvalue weighted by molar-refractivity contribution is -0.159. The van der Waals surface area contributed by atoms with Gasteiger partial charge in [-0.3, -0.25) is 9.59 Å². The Bertz CT molecular complexity index is 900. The van der Waals surface area contributed by atoms with E-state index < -0.39 is 23.5 Å². The molecule has 3 atom stereocenters. The van der Waals surface area contributed by atoms with Crippen LogP contribution in [0, 0.1) is 5.41 Å². The summed E-state index contributed by atoms with van der Waals surface area (Å²) < 4.78 is 6.06. The van der Waals surface area contributed by atoms with E-state index in [0.717, 1.165) is 11.1 Å². The second kappa shape index (κ2) is 8.49. The Kier molecular flexibility index (Phi) is 5.78. The SMILES string of the molecule is CON=CC1(C(=O)OC(c2ccccc2)c2ccccc2)CS[C@@H]2C(N)C(=O)N2C1. The van der Waals surface area contributed by atoms with E-state index in [1.807, 2.05) is 60.7 Å². The highest BCUT2D eigenvalue weighted by Crippen LogP contribution is 2.42. The van der Waals surface area contributed by atoms with Crippen LogP contribution in [0.3, 0.4) is 0 Å². The fraction of sp³-hybridized carbons (Fsp3) is 0.318. The van der Waals surface area contributed by atoms with Gasteiger partial charge < -0.3 is 20.2 Å². The van der Waals surface area contributed by atoms with Gasteiger partial charge in [0.05, 0.1) is 6.21 Å². The van der Waals surface area contributed by atoms with E-state index in [-0.39, 0.29) is 17.8 Å². The lowest BCUT2D eigenvalue weighted by atomic mass is 9.88. The zero-order valence-electron chi connectivity index (χ0n) is 16.5. The van der Waals surface area contributed by atoms with Crippen molar-refractivity contribution in [3.8, 4) is 0 Å². The van der Waals surface area contributed by atoms with Crippen molar-refractivity contribution in [2.24, 2.45) is 16.3 Å². The van der Waals surface area contributed by atoms with E-state index in [1.54, 1.807) is 4.90 Å². The topological polar surface area (TPSA) is 94.2 Å². The highest BCUT2D eigenvalue weighted by molar-refractivity contribution is 8.00. The number of β-lactam (4-membered cyclic amide) rings is 1. The predicted octanol–water partition coefficient (Wildman–Crippen LogP) is 2.18. The van der Waals surface area contributed by atoms with Gasteiger partial charge in [-0.1, -0.05) is 65.8 Å². The quantitative estimate of drug-likeness (QED) is 0.330. The van der Waals surface area contributed by atoms with Gasteiger partial charge in [0.2, 0.25) is 5.91 Å². The minimum absolute atomic E-state index is 0.117. The van der Waals surface area contributed by atoms with Gasteiger partial charge in [0.1, 0.15) is 23.9 Å². The Morgan fingerprint density at radius 1 is 1.20 bits per heavy atom. The minimum Gasteiger partial charge on any atom is -0.452 e. The zero-order chi connectivity index (χ0) is 21.1. The van der Waals surface area contributed by atoms with Crippen LogP contribution in [-0.2, 0) is 19.2 Å². The highest BCUT2D eigenvalue weighted by Gasteiger charge is 2.56. The summed E-state index contributed by atoms with van der Waals surface area (Å²) in [6.07, 6.45) is 0.868. The molecule has 0 saturated carbocycles. The first-order valence-corrected chi connectivity index (χ1v) is 10.7. The molecule has 2 aromatic rings. The van der Waals surface area contributed by atoms with Crippen LogP contribution in [0.4, 0.5) is 0 Å². The van der Waals surface area contributed by atoms with E-state index in [4.69, 9.17) is 15.3 Å². The molecule has 2 fully saturated rings. The molecule has 2 saturated heterocycles. The Labute approximate surface area is 179 Å². The predicted molar refractivity (Wildman–Crippen MR) is 115 cm³/mol.